The van der Waals surface area contributed by atoms with Gasteiger partial charge in [-0.25, -0.2) is 0 Å². The summed E-state index contributed by atoms with van der Waals surface area (Å²) in [6, 6.07) is 9.90. The average Bonchev–Trinajstić information content (AvgIpc) is 2.94. The number of hydrogen-bond acceptors (Lipinski definition) is 5. The molecule has 0 aliphatic heterocycles. The third-order valence-corrected chi connectivity index (χ3v) is 14.8. The van der Waals surface area contributed by atoms with Crippen LogP contribution >= 0.6 is 0 Å². The zero-order chi connectivity index (χ0) is 32.7. The molecular weight excluding hydrogens is 566 g/mol. The number of ether oxygens (including phenoxy) is 1. The van der Waals surface area contributed by atoms with E-state index >= 15 is 0 Å². The number of amides is 1. The van der Waals surface area contributed by atoms with Gasteiger partial charge >= 0.3 is 5.97 Å². The van der Waals surface area contributed by atoms with Crippen LogP contribution in [0.4, 0.5) is 0 Å². The molecule has 3 rings (SSSR count). The lowest BCUT2D eigenvalue weighted by molar-refractivity contribution is -0.158. The minimum Gasteiger partial charge on any atom is -0.461 e. The number of carbonyl (C=O) groups is 2. The molecule has 6 nitrogen and oxygen atoms in total. The highest BCUT2D eigenvalue weighted by atomic mass is 28.4. The van der Waals surface area contributed by atoms with Gasteiger partial charge in [0.15, 0.2) is 8.32 Å². The summed E-state index contributed by atoms with van der Waals surface area (Å²) in [4.78, 5) is 25.9. The number of nitrogens with one attached hydrogen (secondary N) is 1. The first kappa shape index (κ1) is 36.2. The van der Waals surface area contributed by atoms with Gasteiger partial charge in [-0.15, -0.1) is 0 Å². The second-order valence-corrected chi connectivity index (χ2v) is 19.8. The van der Waals surface area contributed by atoms with Crippen LogP contribution in [0.5, 0.6) is 0 Å². The van der Waals surface area contributed by atoms with Crippen LogP contribution in [0, 0.1) is 29.6 Å². The standard InChI is InChI=1S/C37H59NO5Si/c1-10-26(3)36(41)42-33-21-25(2)20-29-17-16-27(4)32(35(29)33)19-18-30(39)22-31(43-44(8,9)37(5,6)7)23-34(40)38-24-28-14-12-11-13-15-28/h11-17,20,25-27,30-33,35,39H,10,18-19,21-24H2,1-9H3,(H,38,40). The Morgan fingerprint density at radius 1 is 1.14 bits per heavy atom. The molecule has 1 aromatic carbocycles. The molecule has 0 spiro atoms. The SMILES string of the molecule is CCC(C)C(=O)OC1CC(C)C=C2C=CC(C)C(CCC(O)CC(CC(=O)NCc3ccccc3)O[Si](C)(C)C(C)(C)C)C21. The van der Waals surface area contributed by atoms with E-state index in [0.717, 1.165) is 24.8 Å². The van der Waals surface area contributed by atoms with E-state index in [1.807, 2.05) is 44.2 Å². The Kier molecular flexibility index (Phi) is 13.1. The molecule has 44 heavy (non-hydrogen) atoms. The molecule has 2 aliphatic rings. The zero-order valence-electron chi connectivity index (χ0n) is 28.8. The van der Waals surface area contributed by atoms with Crippen LogP contribution in [-0.2, 0) is 25.3 Å². The summed E-state index contributed by atoms with van der Waals surface area (Å²) in [7, 11) is -2.18. The Morgan fingerprint density at radius 2 is 1.82 bits per heavy atom. The van der Waals surface area contributed by atoms with E-state index in [1.54, 1.807) is 0 Å². The lowest BCUT2D eigenvalue weighted by Gasteiger charge is -2.43. The molecular formula is C37H59NO5Si. The number of rotatable bonds is 14. The topological polar surface area (TPSA) is 84.9 Å². The number of esters is 1. The molecule has 0 bridgehead atoms. The number of benzene rings is 1. The van der Waals surface area contributed by atoms with E-state index in [0.29, 0.717) is 31.2 Å². The summed E-state index contributed by atoms with van der Waals surface area (Å²) in [6.07, 6.45) is 9.37. The third kappa shape index (κ3) is 10.1. The van der Waals surface area contributed by atoms with Gasteiger partial charge < -0.3 is 19.6 Å². The Morgan fingerprint density at radius 3 is 2.45 bits per heavy atom. The monoisotopic (exact) mass is 625 g/mol. The van der Waals surface area contributed by atoms with Crippen molar-refractivity contribution < 1.29 is 23.9 Å². The highest BCUT2D eigenvalue weighted by Gasteiger charge is 2.43. The predicted octanol–water partition coefficient (Wildman–Crippen LogP) is 7.98. The van der Waals surface area contributed by atoms with Crippen molar-refractivity contribution in [1.82, 2.24) is 5.32 Å². The number of hydrogen-bond donors (Lipinski definition) is 2. The molecule has 8 atom stereocenters. The molecule has 2 N–H and O–H groups in total. The lowest BCUT2D eigenvalue weighted by Crippen LogP contribution is -2.46. The molecule has 0 radical (unpaired) electrons. The fourth-order valence-electron chi connectivity index (χ4n) is 6.30. The van der Waals surface area contributed by atoms with Crippen LogP contribution in [0.25, 0.3) is 0 Å². The number of fused-ring (bicyclic) bond motifs is 1. The van der Waals surface area contributed by atoms with Crippen molar-refractivity contribution in [2.75, 3.05) is 0 Å². The zero-order valence-corrected chi connectivity index (χ0v) is 29.8. The molecule has 0 saturated heterocycles. The van der Waals surface area contributed by atoms with Crippen molar-refractivity contribution in [2.45, 2.75) is 130 Å². The molecule has 0 aromatic heterocycles. The van der Waals surface area contributed by atoms with Crippen molar-refractivity contribution in [3.05, 3.63) is 59.7 Å². The van der Waals surface area contributed by atoms with Gasteiger partial charge in [0.05, 0.1) is 24.5 Å². The largest absolute Gasteiger partial charge is 0.461 e. The van der Waals surface area contributed by atoms with Crippen LogP contribution in [0.1, 0.15) is 92.6 Å². The summed E-state index contributed by atoms with van der Waals surface area (Å²) >= 11 is 0. The van der Waals surface area contributed by atoms with E-state index in [-0.39, 0.29) is 53.3 Å². The van der Waals surface area contributed by atoms with E-state index in [1.165, 1.54) is 5.57 Å². The highest BCUT2D eigenvalue weighted by molar-refractivity contribution is 6.74. The van der Waals surface area contributed by atoms with Crippen LogP contribution < -0.4 is 5.32 Å². The Bertz CT molecular complexity index is 1140. The van der Waals surface area contributed by atoms with Crippen molar-refractivity contribution in [1.29, 1.82) is 0 Å². The Labute approximate surface area is 268 Å². The van der Waals surface area contributed by atoms with Gasteiger partial charge in [0.25, 0.3) is 0 Å². The molecule has 1 amide bonds. The summed E-state index contributed by atoms with van der Waals surface area (Å²) in [5.41, 5.74) is 2.31. The van der Waals surface area contributed by atoms with Gasteiger partial charge in [0.1, 0.15) is 6.10 Å². The number of aliphatic hydroxyl groups is 1. The van der Waals surface area contributed by atoms with E-state index in [4.69, 9.17) is 9.16 Å². The van der Waals surface area contributed by atoms with Gasteiger partial charge in [0.2, 0.25) is 5.91 Å². The van der Waals surface area contributed by atoms with E-state index in [9.17, 15) is 14.7 Å². The van der Waals surface area contributed by atoms with Gasteiger partial charge in [0, 0.05) is 12.5 Å². The van der Waals surface area contributed by atoms with Gasteiger partial charge in [-0.2, -0.15) is 0 Å². The number of carbonyl (C=O) groups excluding carboxylic acids is 2. The first-order valence-corrected chi connectivity index (χ1v) is 19.8. The minimum atomic E-state index is -2.18. The number of allylic oxidation sites excluding steroid dienone is 3. The van der Waals surface area contributed by atoms with Crippen LogP contribution in [0.2, 0.25) is 18.1 Å². The summed E-state index contributed by atoms with van der Waals surface area (Å²) in [6.45, 7) is 19.8. The first-order valence-electron chi connectivity index (χ1n) is 16.9. The summed E-state index contributed by atoms with van der Waals surface area (Å²) in [5, 5.41) is 14.4. The van der Waals surface area contributed by atoms with Gasteiger partial charge in [-0.3, -0.25) is 9.59 Å². The van der Waals surface area contributed by atoms with Gasteiger partial charge in [-0.1, -0.05) is 97.0 Å². The lowest BCUT2D eigenvalue weighted by atomic mass is 9.65. The Hall–Kier alpha value is -2.22. The average molecular weight is 626 g/mol. The third-order valence-electron chi connectivity index (χ3n) is 10.3. The van der Waals surface area contributed by atoms with Crippen LogP contribution in [0.3, 0.4) is 0 Å². The fourth-order valence-corrected chi connectivity index (χ4v) is 7.67. The second-order valence-electron chi connectivity index (χ2n) is 15.0. The molecule has 7 heteroatoms. The van der Waals surface area contributed by atoms with Crippen LogP contribution in [-0.4, -0.2) is 43.6 Å². The maximum absolute atomic E-state index is 13.1. The van der Waals surface area contributed by atoms with Crippen molar-refractivity contribution in [3.63, 3.8) is 0 Å². The fraction of sp³-hybridized carbons (Fsp3) is 0.676. The normalized spacial score (nSPS) is 25.8. The van der Waals surface area contributed by atoms with Crippen molar-refractivity contribution in [3.8, 4) is 0 Å². The molecule has 2 aliphatic carbocycles. The second kappa shape index (κ2) is 15.9. The molecule has 0 heterocycles. The summed E-state index contributed by atoms with van der Waals surface area (Å²) < 4.78 is 12.9. The predicted molar refractivity (Wildman–Crippen MR) is 181 cm³/mol. The Balaban J connectivity index is 1.69. The molecule has 8 unspecified atom stereocenters. The van der Waals surface area contributed by atoms with E-state index in [2.05, 4.69) is 71.3 Å². The van der Waals surface area contributed by atoms with Gasteiger partial charge in [-0.05, 0) is 79.1 Å². The number of aliphatic hydroxyl groups excluding tert-OH is 1. The van der Waals surface area contributed by atoms with Crippen molar-refractivity contribution in [2.24, 2.45) is 29.6 Å². The quantitative estimate of drug-likeness (QED) is 0.162. The first-order chi connectivity index (χ1) is 20.6. The van der Waals surface area contributed by atoms with E-state index < -0.39 is 14.4 Å². The summed E-state index contributed by atoms with van der Waals surface area (Å²) in [5.74, 6) is 0.772. The maximum Gasteiger partial charge on any atom is 0.308 e. The highest BCUT2D eigenvalue weighted by Crippen LogP contribution is 2.45. The molecule has 246 valence electrons. The maximum atomic E-state index is 13.1. The minimum absolute atomic E-state index is 0.0108. The molecule has 1 aromatic rings. The van der Waals surface area contributed by atoms with Crippen LogP contribution in [0.15, 0.2) is 54.1 Å². The van der Waals surface area contributed by atoms with Crippen molar-refractivity contribution >= 4 is 20.2 Å². The molecule has 0 fully saturated rings. The smallest absolute Gasteiger partial charge is 0.308 e. The molecule has 0 saturated carbocycles.